The molecule has 1 aromatic rings. The predicted octanol–water partition coefficient (Wildman–Crippen LogP) is 2.48. The topological polar surface area (TPSA) is 32.3 Å². The first-order valence-electron chi connectivity index (χ1n) is 6.89. The van der Waals surface area contributed by atoms with Gasteiger partial charge in [0.05, 0.1) is 6.42 Å². The number of hydrogen-bond donors (Lipinski definition) is 1. The molecule has 0 aromatic heterocycles. The lowest BCUT2D eigenvalue weighted by Crippen LogP contribution is -2.48. The van der Waals surface area contributed by atoms with Gasteiger partial charge in [-0.1, -0.05) is 23.7 Å². The van der Waals surface area contributed by atoms with Gasteiger partial charge in [-0.3, -0.25) is 4.79 Å². The van der Waals surface area contributed by atoms with Crippen molar-refractivity contribution in [2.45, 2.75) is 31.7 Å². The first-order chi connectivity index (χ1) is 9.20. The molecule has 1 atom stereocenters. The predicted molar refractivity (Wildman–Crippen MR) is 78.4 cm³/mol. The summed E-state index contributed by atoms with van der Waals surface area (Å²) in [6, 6.07) is 7.90. The second kappa shape index (κ2) is 6.92. The SMILES string of the molecule is CNCC1CCCCN1C(=O)Cc1cccc(Cl)c1. The lowest BCUT2D eigenvalue weighted by atomic mass is 10.0. The molecule has 1 saturated heterocycles. The van der Waals surface area contributed by atoms with E-state index in [4.69, 9.17) is 11.6 Å². The number of piperidine rings is 1. The molecule has 4 heteroatoms. The van der Waals surface area contributed by atoms with E-state index in [1.54, 1.807) is 0 Å². The van der Waals surface area contributed by atoms with E-state index in [0.717, 1.165) is 31.5 Å². The quantitative estimate of drug-likeness (QED) is 0.919. The van der Waals surface area contributed by atoms with Crippen LogP contribution in [0.25, 0.3) is 0 Å². The lowest BCUT2D eigenvalue weighted by molar-refractivity contribution is -0.134. The van der Waals surface area contributed by atoms with Crippen LogP contribution in [0.2, 0.25) is 5.02 Å². The summed E-state index contributed by atoms with van der Waals surface area (Å²) >= 11 is 5.96. The highest BCUT2D eigenvalue weighted by molar-refractivity contribution is 6.30. The summed E-state index contributed by atoms with van der Waals surface area (Å²) in [5, 5.41) is 3.87. The summed E-state index contributed by atoms with van der Waals surface area (Å²) < 4.78 is 0. The van der Waals surface area contributed by atoms with Crippen molar-refractivity contribution in [2.24, 2.45) is 0 Å². The number of halogens is 1. The molecule has 1 heterocycles. The Kier molecular flexibility index (Phi) is 5.23. The van der Waals surface area contributed by atoms with Crippen molar-refractivity contribution < 1.29 is 4.79 Å². The average Bonchev–Trinajstić information content (AvgIpc) is 2.39. The van der Waals surface area contributed by atoms with Gasteiger partial charge in [-0.2, -0.15) is 0 Å². The number of carbonyl (C=O) groups excluding carboxylic acids is 1. The van der Waals surface area contributed by atoms with Crippen molar-refractivity contribution in [3.05, 3.63) is 34.9 Å². The fourth-order valence-electron chi connectivity index (χ4n) is 2.70. The van der Waals surface area contributed by atoms with Gasteiger partial charge >= 0.3 is 0 Å². The Hall–Kier alpha value is -1.06. The van der Waals surface area contributed by atoms with E-state index in [1.165, 1.54) is 6.42 Å². The van der Waals surface area contributed by atoms with Crippen LogP contribution in [0, 0.1) is 0 Å². The highest BCUT2D eigenvalue weighted by atomic mass is 35.5. The van der Waals surface area contributed by atoms with E-state index in [1.807, 2.05) is 36.2 Å². The first kappa shape index (κ1) is 14.4. The van der Waals surface area contributed by atoms with Crippen LogP contribution in [0.4, 0.5) is 0 Å². The van der Waals surface area contributed by atoms with Crippen molar-refractivity contribution in [1.82, 2.24) is 10.2 Å². The summed E-state index contributed by atoms with van der Waals surface area (Å²) in [5.74, 6) is 0.210. The Balaban J connectivity index is 2.01. The molecule has 104 valence electrons. The maximum absolute atomic E-state index is 12.4. The molecule has 1 unspecified atom stereocenters. The van der Waals surface area contributed by atoms with Crippen LogP contribution in [0.5, 0.6) is 0 Å². The number of carbonyl (C=O) groups is 1. The van der Waals surface area contributed by atoms with Gasteiger partial charge in [-0.25, -0.2) is 0 Å². The van der Waals surface area contributed by atoms with Crippen LogP contribution < -0.4 is 5.32 Å². The maximum Gasteiger partial charge on any atom is 0.227 e. The molecule has 0 spiro atoms. The number of likely N-dealkylation sites (tertiary alicyclic amines) is 1. The summed E-state index contributed by atoms with van der Waals surface area (Å²) in [7, 11) is 1.94. The number of nitrogens with zero attached hydrogens (tertiary/aromatic N) is 1. The minimum atomic E-state index is 0.210. The molecule has 0 saturated carbocycles. The molecule has 0 bridgehead atoms. The average molecular weight is 281 g/mol. The van der Waals surface area contributed by atoms with Crippen molar-refractivity contribution >= 4 is 17.5 Å². The third kappa shape index (κ3) is 3.95. The van der Waals surface area contributed by atoms with E-state index in [-0.39, 0.29) is 5.91 Å². The van der Waals surface area contributed by atoms with Gasteiger partial charge in [0, 0.05) is 24.2 Å². The van der Waals surface area contributed by atoms with Crippen LogP contribution in [-0.4, -0.2) is 37.0 Å². The van der Waals surface area contributed by atoms with E-state index in [0.29, 0.717) is 17.5 Å². The largest absolute Gasteiger partial charge is 0.338 e. The summed E-state index contributed by atoms with van der Waals surface area (Å²) in [6.45, 7) is 1.76. The Morgan fingerprint density at radius 3 is 3.05 bits per heavy atom. The summed E-state index contributed by atoms with van der Waals surface area (Å²) in [4.78, 5) is 14.4. The molecule has 1 aromatic carbocycles. The number of nitrogens with one attached hydrogen (secondary N) is 1. The monoisotopic (exact) mass is 280 g/mol. The molecule has 1 fully saturated rings. The second-order valence-electron chi connectivity index (χ2n) is 5.10. The van der Waals surface area contributed by atoms with E-state index in [2.05, 4.69) is 5.32 Å². The molecule has 0 aliphatic carbocycles. The molecule has 2 rings (SSSR count). The molecular formula is C15H21ClN2O. The highest BCUT2D eigenvalue weighted by Crippen LogP contribution is 2.19. The molecule has 19 heavy (non-hydrogen) atoms. The van der Waals surface area contributed by atoms with Crippen molar-refractivity contribution in [3.8, 4) is 0 Å². The normalized spacial score (nSPS) is 19.5. The number of amides is 1. The van der Waals surface area contributed by atoms with Gasteiger partial charge in [0.15, 0.2) is 0 Å². The van der Waals surface area contributed by atoms with Crippen LogP contribution in [0.15, 0.2) is 24.3 Å². The molecular weight excluding hydrogens is 260 g/mol. The molecule has 0 radical (unpaired) electrons. The van der Waals surface area contributed by atoms with Crippen LogP contribution in [0.1, 0.15) is 24.8 Å². The zero-order valence-corrected chi connectivity index (χ0v) is 12.1. The Bertz CT molecular complexity index is 434. The first-order valence-corrected chi connectivity index (χ1v) is 7.27. The van der Waals surface area contributed by atoms with Gasteiger partial charge in [0.2, 0.25) is 5.91 Å². The van der Waals surface area contributed by atoms with Gasteiger partial charge in [-0.15, -0.1) is 0 Å². The Morgan fingerprint density at radius 1 is 1.47 bits per heavy atom. The zero-order valence-electron chi connectivity index (χ0n) is 11.4. The van der Waals surface area contributed by atoms with Crippen LogP contribution >= 0.6 is 11.6 Å². The van der Waals surface area contributed by atoms with Gasteiger partial charge in [0.1, 0.15) is 0 Å². The van der Waals surface area contributed by atoms with Crippen molar-refractivity contribution in [2.75, 3.05) is 20.1 Å². The van der Waals surface area contributed by atoms with Crippen molar-refractivity contribution in [3.63, 3.8) is 0 Å². The minimum Gasteiger partial charge on any atom is -0.338 e. The van der Waals surface area contributed by atoms with E-state index >= 15 is 0 Å². The zero-order chi connectivity index (χ0) is 13.7. The molecule has 1 amide bonds. The second-order valence-corrected chi connectivity index (χ2v) is 5.54. The molecule has 3 nitrogen and oxygen atoms in total. The Morgan fingerprint density at radius 2 is 2.32 bits per heavy atom. The number of likely N-dealkylation sites (N-methyl/N-ethyl adjacent to an activating group) is 1. The fraction of sp³-hybridized carbons (Fsp3) is 0.533. The third-order valence-electron chi connectivity index (χ3n) is 3.63. The number of rotatable bonds is 4. The molecule has 1 N–H and O–H groups in total. The number of hydrogen-bond acceptors (Lipinski definition) is 2. The van der Waals surface area contributed by atoms with Gasteiger partial charge < -0.3 is 10.2 Å². The van der Waals surface area contributed by atoms with Gasteiger partial charge in [0.25, 0.3) is 0 Å². The number of benzene rings is 1. The summed E-state index contributed by atoms with van der Waals surface area (Å²) in [6.07, 6.45) is 3.87. The van der Waals surface area contributed by atoms with Crippen molar-refractivity contribution in [1.29, 1.82) is 0 Å². The van der Waals surface area contributed by atoms with Crippen LogP contribution in [0.3, 0.4) is 0 Å². The lowest BCUT2D eigenvalue weighted by Gasteiger charge is -2.36. The molecule has 1 aliphatic heterocycles. The standard InChI is InChI=1S/C15H21ClN2O/c1-17-11-14-7-2-3-8-18(14)15(19)10-12-5-4-6-13(16)9-12/h4-6,9,14,17H,2-3,7-8,10-11H2,1H3. The highest BCUT2D eigenvalue weighted by Gasteiger charge is 2.25. The van der Waals surface area contributed by atoms with Crippen LogP contribution in [-0.2, 0) is 11.2 Å². The summed E-state index contributed by atoms with van der Waals surface area (Å²) in [5.41, 5.74) is 0.992. The van der Waals surface area contributed by atoms with E-state index in [9.17, 15) is 4.79 Å². The van der Waals surface area contributed by atoms with E-state index < -0.39 is 0 Å². The Labute approximate surface area is 119 Å². The maximum atomic E-state index is 12.4. The molecule has 1 aliphatic rings. The smallest absolute Gasteiger partial charge is 0.227 e. The van der Waals surface area contributed by atoms with Gasteiger partial charge in [-0.05, 0) is 44.0 Å². The fourth-order valence-corrected chi connectivity index (χ4v) is 2.91. The third-order valence-corrected chi connectivity index (χ3v) is 3.87. The minimum absolute atomic E-state index is 0.210.